The highest BCUT2D eigenvalue weighted by Crippen LogP contribution is 2.27. The molecule has 0 bridgehead atoms. The Balaban J connectivity index is 1.97. The van der Waals surface area contributed by atoms with E-state index in [1.807, 2.05) is 25.1 Å². The molecule has 112 valence electrons. The Hall–Kier alpha value is -2.82. The number of hydrogen-bond acceptors (Lipinski definition) is 4. The van der Waals surface area contributed by atoms with Crippen molar-refractivity contribution in [1.29, 1.82) is 0 Å². The van der Waals surface area contributed by atoms with E-state index >= 15 is 0 Å². The van der Waals surface area contributed by atoms with E-state index in [0.717, 1.165) is 34.7 Å². The zero-order chi connectivity index (χ0) is 15.5. The number of allylic oxidation sites excluding steroid dienone is 1. The molecule has 0 atom stereocenters. The molecule has 5 heteroatoms. The highest BCUT2D eigenvalue weighted by molar-refractivity contribution is 5.91. The van der Waals surface area contributed by atoms with E-state index in [0.29, 0.717) is 0 Å². The van der Waals surface area contributed by atoms with Crippen molar-refractivity contribution in [2.24, 2.45) is 0 Å². The van der Waals surface area contributed by atoms with Crippen molar-refractivity contribution in [3.63, 3.8) is 0 Å². The summed E-state index contributed by atoms with van der Waals surface area (Å²) in [7, 11) is 0. The van der Waals surface area contributed by atoms with Crippen LogP contribution in [0.4, 0.5) is 5.82 Å². The van der Waals surface area contributed by atoms with Gasteiger partial charge in [-0.1, -0.05) is 11.6 Å². The van der Waals surface area contributed by atoms with Gasteiger partial charge in [-0.25, -0.2) is 9.97 Å². The second-order valence-electron chi connectivity index (χ2n) is 5.20. The molecule has 2 aromatic heterocycles. The molecule has 0 fully saturated rings. The number of nitrogens with one attached hydrogen (secondary N) is 2. The summed E-state index contributed by atoms with van der Waals surface area (Å²) < 4.78 is 0. The quantitative estimate of drug-likeness (QED) is 0.641. The summed E-state index contributed by atoms with van der Waals surface area (Å²) in [5.74, 6) is 1.07. The van der Waals surface area contributed by atoms with Gasteiger partial charge < -0.3 is 15.4 Å². The van der Waals surface area contributed by atoms with E-state index in [4.69, 9.17) is 0 Å². The maximum Gasteiger partial charge on any atom is 0.143 e. The number of anilines is 1. The van der Waals surface area contributed by atoms with Crippen LogP contribution >= 0.6 is 0 Å². The van der Waals surface area contributed by atoms with Crippen LogP contribution in [0.15, 0.2) is 48.3 Å². The molecular formula is C17H18N4O. The van der Waals surface area contributed by atoms with Gasteiger partial charge in [-0.15, -0.1) is 0 Å². The van der Waals surface area contributed by atoms with Gasteiger partial charge in [0.05, 0.1) is 5.39 Å². The molecule has 3 N–H and O–H groups in total. The van der Waals surface area contributed by atoms with E-state index in [1.165, 1.54) is 5.57 Å². The van der Waals surface area contributed by atoms with Gasteiger partial charge in [0.2, 0.25) is 0 Å². The molecule has 0 aliphatic heterocycles. The Labute approximate surface area is 128 Å². The standard InChI is InChI=1S/C17H18N4O/c1-3-11(2)9-18-16-14-8-15(21-17(14)20-10-19-16)12-4-6-13(22)7-5-12/h3-8,10,22H,9H2,1-2H3,(H2,18,19,20,21)/b11-3+. The molecule has 22 heavy (non-hydrogen) atoms. The molecule has 2 heterocycles. The minimum Gasteiger partial charge on any atom is -0.508 e. The second kappa shape index (κ2) is 5.89. The van der Waals surface area contributed by atoms with Crippen molar-refractivity contribution < 1.29 is 5.11 Å². The summed E-state index contributed by atoms with van der Waals surface area (Å²) in [6.07, 6.45) is 3.62. The number of phenolic OH excluding ortho intramolecular Hbond substituents is 1. The van der Waals surface area contributed by atoms with Crippen molar-refractivity contribution in [1.82, 2.24) is 15.0 Å². The maximum atomic E-state index is 9.38. The first kappa shape index (κ1) is 14.1. The van der Waals surface area contributed by atoms with Gasteiger partial charge in [0.1, 0.15) is 23.5 Å². The fourth-order valence-corrected chi connectivity index (χ4v) is 2.20. The smallest absolute Gasteiger partial charge is 0.143 e. The summed E-state index contributed by atoms with van der Waals surface area (Å²) in [4.78, 5) is 11.9. The topological polar surface area (TPSA) is 73.8 Å². The number of fused-ring (bicyclic) bond motifs is 1. The van der Waals surface area contributed by atoms with Gasteiger partial charge in [-0.2, -0.15) is 0 Å². The van der Waals surface area contributed by atoms with Gasteiger partial charge in [0, 0.05) is 12.2 Å². The number of aromatic hydroxyl groups is 1. The zero-order valence-corrected chi connectivity index (χ0v) is 12.6. The fourth-order valence-electron chi connectivity index (χ4n) is 2.20. The first-order chi connectivity index (χ1) is 10.7. The minimum absolute atomic E-state index is 0.254. The highest BCUT2D eigenvalue weighted by atomic mass is 16.3. The summed E-state index contributed by atoms with van der Waals surface area (Å²) in [5, 5.41) is 13.7. The van der Waals surface area contributed by atoms with Crippen LogP contribution in [0.5, 0.6) is 5.75 Å². The lowest BCUT2D eigenvalue weighted by Gasteiger charge is -2.05. The van der Waals surface area contributed by atoms with Crippen LogP contribution < -0.4 is 5.32 Å². The zero-order valence-electron chi connectivity index (χ0n) is 12.6. The molecule has 0 radical (unpaired) electrons. The molecule has 0 aliphatic carbocycles. The van der Waals surface area contributed by atoms with Crippen LogP contribution in [0.1, 0.15) is 13.8 Å². The van der Waals surface area contributed by atoms with Crippen molar-refractivity contribution in [2.45, 2.75) is 13.8 Å². The number of phenols is 1. The average Bonchev–Trinajstić information content (AvgIpc) is 2.97. The number of nitrogens with zero attached hydrogens (tertiary/aromatic N) is 2. The molecule has 3 rings (SSSR count). The summed E-state index contributed by atoms with van der Waals surface area (Å²) in [6.45, 7) is 4.85. The lowest BCUT2D eigenvalue weighted by atomic mass is 10.1. The molecule has 0 spiro atoms. The Morgan fingerprint density at radius 1 is 1.27 bits per heavy atom. The molecule has 3 aromatic rings. The third-order valence-corrected chi connectivity index (χ3v) is 3.63. The van der Waals surface area contributed by atoms with Crippen molar-refractivity contribution in [3.05, 3.63) is 48.3 Å². The molecule has 0 amide bonds. The van der Waals surface area contributed by atoms with Gasteiger partial charge in [-0.05, 0) is 49.7 Å². The van der Waals surface area contributed by atoms with Crippen molar-refractivity contribution in [3.8, 4) is 17.0 Å². The monoisotopic (exact) mass is 294 g/mol. The summed E-state index contributed by atoms with van der Waals surface area (Å²) in [5.41, 5.74) is 3.98. The third-order valence-electron chi connectivity index (χ3n) is 3.63. The fraction of sp³-hybridized carbons (Fsp3) is 0.176. The Morgan fingerprint density at radius 3 is 2.77 bits per heavy atom. The first-order valence-electron chi connectivity index (χ1n) is 7.16. The van der Waals surface area contributed by atoms with Crippen LogP contribution in [-0.2, 0) is 0 Å². The van der Waals surface area contributed by atoms with Crippen molar-refractivity contribution >= 4 is 16.9 Å². The average molecular weight is 294 g/mol. The Kier molecular flexibility index (Phi) is 3.78. The van der Waals surface area contributed by atoms with E-state index < -0.39 is 0 Å². The molecular weight excluding hydrogens is 276 g/mol. The molecule has 1 aromatic carbocycles. The minimum atomic E-state index is 0.254. The molecule has 0 unspecified atom stereocenters. The maximum absolute atomic E-state index is 9.38. The van der Waals surface area contributed by atoms with Crippen LogP contribution in [0, 0.1) is 0 Å². The second-order valence-corrected chi connectivity index (χ2v) is 5.20. The summed E-state index contributed by atoms with van der Waals surface area (Å²) >= 11 is 0. The number of H-pyrrole nitrogens is 1. The van der Waals surface area contributed by atoms with Crippen LogP contribution in [-0.4, -0.2) is 26.6 Å². The first-order valence-corrected chi connectivity index (χ1v) is 7.16. The number of rotatable bonds is 4. The lowest BCUT2D eigenvalue weighted by Crippen LogP contribution is -2.04. The molecule has 0 aliphatic rings. The predicted molar refractivity (Wildman–Crippen MR) is 88.9 cm³/mol. The predicted octanol–water partition coefficient (Wildman–Crippen LogP) is 3.71. The van der Waals surface area contributed by atoms with Gasteiger partial charge in [0.25, 0.3) is 0 Å². The number of hydrogen-bond donors (Lipinski definition) is 3. The lowest BCUT2D eigenvalue weighted by molar-refractivity contribution is 0.475. The van der Waals surface area contributed by atoms with Gasteiger partial charge in [-0.3, -0.25) is 0 Å². The van der Waals surface area contributed by atoms with E-state index in [9.17, 15) is 5.11 Å². The van der Waals surface area contributed by atoms with Crippen LogP contribution in [0.25, 0.3) is 22.3 Å². The van der Waals surface area contributed by atoms with Gasteiger partial charge in [0.15, 0.2) is 0 Å². The molecule has 5 nitrogen and oxygen atoms in total. The Bertz CT molecular complexity index is 818. The van der Waals surface area contributed by atoms with Crippen molar-refractivity contribution in [2.75, 3.05) is 11.9 Å². The number of aromatic amines is 1. The molecule has 0 saturated carbocycles. The van der Waals surface area contributed by atoms with E-state index in [2.05, 4.69) is 33.3 Å². The largest absolute Gasteiger partial charge is 0.508 e. The highest BCUT2D eigenvalue weighted by Gasteiger charge is 2.09. The number of benzene rings is 1. The van der Waals surface area contributed by atoms with Crippen LogP contribution in [0.3, 0.4) is 0 Å². The van der Waals surface area contributed by atoms with E-state index in [1.54, 1.807) is 18.5 Å². The van der Waals surface area contributed by atoms with E-state index in [-0.39, 0.29) is 5.75 Å². The number of aromatic nitrogens is 3. The SMILES string of the molecule is C/C=C(\C)CNc1ncnc2[nH]c(-c3ccc(O)cc3)cc12. The van der Waals surface area contributed by atoms with Crippen LogP contribution in [0.2, 0.25) is 0 Å². The van der Waals surface area contributed by atoms with Gasteiger partial charge >= 0.3 is 0 Å². The third kappa shape index (κ3) is 2.79. The Morgan fingerprint density at radius 2 is 2.05 bits per heavy atom. The normalized spacial score (nSPS) is 11.8. The molecule has 0 saturated heterocycles. The summed E-state index contributed by atoms with van der Waals surface area (Å²) in [6, 6.07) is 9.09.